The van der Waals surface area contributed by atoms with Crippen LogP contribution in [0.3, 0.4) is 0 Å². The Morgan fingerprint density at radius 3 is 2.77 bits per heavy atom. The minimum absolute atomic E-state index is 0. The van der Waals surface area contributed by atoms with Gasteiger partial charge in [-0.3, -0.25) is 5.10 Å². The predicted molar refractivity (Wildman–Crippen MR) is 71.9 cm³/mol. The maximum atomic E-state index is 13.2. The molecule has 0 aliphatic rings. The summed E-state index contributed by atoms with van der Waals surface area (Å²) < 4.78 is 14.7. The molecule has 0 bridgehead atoms. The second kappa shape index (κ2) is 4.39. The molecule has 6 heteroatoms. The van der Waals surface area contributed by atoms with E-state index in [0.29, 0.717) is 10.9 Å². The summed E-state index contributed by atoms with van der Waals surface area (Å²) in [6.45, 7) is 0. The topological polar surface area (TPSA) is 28.7 Å². The Hall–Kier alpha value is 0.560. The first-order chi connectivity index (χ1) is 5.70. The quantitative estimate of drug-likeness (QED) is 0.587. The Bertz CT molecular complexity index is 443. The smallest absolute Gasteiger partial charge is 0.135 e. The molecule has 0 aliphatic carbocycles. The molecule has 1 heterocycles. The van der Waals surface area contributed by atoms with Gasteiger partial charge in [-0.15, -0.1) is 24.0 Å². The van der Waals surface area contributed by atoms with Crippen LogP contribution in [0.5, 0.6) is 0 Å². The highest BCUT2D eigenvalue weighted by Gasteiger charge is 2.10. The molecule has 0 aliphatic heterocycles. The zero-order valence-corrected chi connectivity index (χ0v) is 12.2. The number of nitrogens with one attached hydrogen (secondary N) is 1. The van der Waals surface area contributed by atoms with Crippen LogP contribution >= 0.6 is 62.5 Å². The number of H-pyrrole nitrogens is 1. The number of aromatic nitrogens is 2. The van der Waals surface area contributed by atoms with E-state index in [1.807, 2.05) is 22.6 Å². The average molecular weight is 469 g/mol. The van der Waals surface area contributed by atoms with Gasteiger partial charge < -0.3 is 0 Å². The van der Waals surface area contributed by atoms with Crippen LogP contribution in [0.15, 0.2) is 16.6 Å². The number of hydrogen-bond donors (Lipinski definition) is 1. The summed E-state index contributed by atoms with van der Waals surface area (Å²) in [6.07, 6.45) is 0. The van der Waals surface area contributed by atoms with Crippen LogP contribution in [0.1, 0.15) is 0 Å². The molecule has 13 heavy (non-hydrogen) atoms. The molecular formula is C7H4BrFI2N2. The summed E-state index contributed by atoms with van der Waals surface area (Å²) in [7, 11) is 0. The van der Waals surface area contributed by atoms with Gasteiger partial charge in [-0.05, 0) is 50.7 Å². The van der Waals surface area contributed by atoms with Gasteiger partial charge in [0.1, 0.15) is 15.0 Å². The van der Waals surface area contributed by atoms with Crippen molar-refractivity contribution in [2.75, 3.05) is 0 Å². The van der Waals surface area contributed by atoms with Crippen molar-refractivity contribution in [1.29, 1.82) is 0 Å². The van der Waals surface area contributed by atoms with Gasteiger partial charge in [0.25, 0.3) is 0 Å². The fourth-order valence-electron chi connectivity index (χ4n) is 1.02. The fraction of sp³-hybridized carbons (Fsp3) is 0. The SMILES string of the molecule is Fc1ccc(Br)c2n[nH]c(I)c12.I. The van der Waals surface area contributed by atoms with E-state index in [1.165, 1.54) is 6.07 Å². The molecule has 0 unspecified atom stereocenters. The summed E-state index contributed by atoms with van der Waals surface area (Å²) in [6, 6.07) is 3.07. The first-order valence-electron chi connectivity index (χ1n) is 3.17. The molecular weight excluding hydrogens is 465 g/mol. The predicted octanol–water partition coefficient (Wildman–Crippen LogP) is 3.69. The molecule has 70 valence electrons. The van der Waals surface area contributed by atoms with E-state index in [1.54, 1.807) is 6.07 Å². The number of hydrogen-bond acceptors (Lipinski definition) is 1. The highest BCUT2D eigenvalue weighted by Crippen LogP contribution is 2.27. The second-order valence-corrected chi connectivity index (χ2v) is 4.22. The van der Waals surface area contributed by atoms with Gasteiger partial charge >= 0.3 is 0 Å². The summed E-state index contributed by atoms with van der Waals surface area (Å²) in [5.74, 6) is -0.244. The first-order valence-corrected chi connectivity index (χ1v) is 5.05. The number of halogens is 4. The summed E-state index contributed by atoms with van der Waals surface area (Å²) in [5.41, 5.74) is 0.638. The first kappa shape index (κ1) is 11.6. The second-order valence-electron chi connectivity index (χ2n) is 2.29. The Morgan fingerprint density at radius 2 is 2.15 bits per heavy atom. The molecule has 0 saturated heterocycles. The minimum atomic E-state index is -0.244. The van der Waals surface area contributed by atoms with Gasteiger partial charge in [-0.25, -0.2) is 4.39 Å². The van der Waals surface area contributed by atoms with Gasteiger partial charge in [-0.1, -0.05) is 0 Å². The molecule has 0 fully saturated rings. The van der Waals surface area contributed by atoms with Crippen LogP contribution in [0.4, 0.5) is 4.39 Å². The molecule has 0 amide bonds. The lowest BCUT2D eigenvalue weighted by atomic mass is 10.2. The molecule has 1 aromatic carbocycles. The minimum Gasteiger partial charge on any atom is -0.271 e. The standard InChI is InChI=1S/C7H3BrFIN2.HI/c8-3-1-2-4(9)5-6(3)11-12-7(5)10;/h1-2H,(H,11,12);1H. The van der Waals surface area contributed by atoms with Crippen molar-refractivity contribution in [3.63, 3.8) is 0 Å². The molecule has 2 aromatic rings. The van der Waals surface area contributed by atoms with E-state index in [2.05, 4.69) is 26.1 Å². The molecule has 1 N–H and O–H groups in total. The van der Waals surface area contributed by atoms with Crippen molar-refractivity contribution in [3.8, 4) is 0 Å². The van der Waals surface area contributed by atoms with Gasteiger partial charge in [0.05, 0.1) is 5.39 Å². The monoisotopic (exact) mass is 468 g/mol. The molecule has 0 atom stereocenters. The van der Waals surface area contributed by atoms with E-state index in [-0.39, 0.29) is 29.8 Å². The third kappa shape index (κ3) is 1.99. The number of fused-ring (bicyclic) bond motifs is 1. The number of aromatic amines is 1. The van der Waals surface area contributed by atoms with Crippen LogP contribution in [0.25, 0.3) is 10.9 Å². The number of benzene rings is 1. The average Bonchev–Trinajstić information content (AvgIpc) is 2.42. The normalized spacial score (nSPS) is 10.1. The van der Waals surface area contributed by atoms with Crippen molar-refractivity contribution in [1.82, 2.24) is 10.2 Å². The number of rotatable bonds is 0. The van der Waals surface area contributed by atoms with Gasteiger partial charge in [0.2, 0.25) is 0 Å². The van der Waals surface area contributed by atoms with E-state index < -0.39 is 0 Å². The third-order valence-corrected chi connectivity index (χ3v) is 2.98. The summed E-state index contributed by atoms with van der Waals surface area (Å²) in [4.78, 5) is 0. The maximum absolute atomic E-state index is 13.2. The molecule has 0 radical (unpaired) electrons. The molecule has 1 aromatic heterocycles. The largest absolute Gasteiger partial charge is 0.271 e. The third-order valence-electron chi connectivity index (χ3n) is 1.56. The van der Waals surface area contributed by atoms with Crippen molar-refractivity contribution in [2.45, 2.75) is 0 Å². The van der Waals surface area contributed by atoms with Crippen LogP contribution < -0.4 is 0 Å². The molecule has 0 saturated carbocycles. The van der Waals surface area contributed by atoms with Gasteiger partial charge in [0.15, 0.2) is 0 Å². The maximum Gasteiger partial charge on any atom is 0.135 e. The van der Waals surface area contributed by atoms with Crippen LogP contribution in [0, 0.1) is 9.52 Å². The highest BCUT2D eigenvalue weighted by atomic mass is 127. The Labute approximate surface area is 113 Å². The molecule has 2 rings (SSSR count). The molecule has 0 spiro atoms. The van der Waals surface area contributed by atoms with E-state index in [0.717, 1.165) is 8.17 Å². The fourth-order valence-corrected chi connectivity index (χ4v) is 2.07. The summed E-state index contributed by atoms with van der Waals surface area (Å²) >= 11 is 5.31. The van der Waals surface area contributed by atoms with Crippen LogP contribution in [0.2, 0.25) is 0 Å². The Balaban J connectivity index is 0.000000845. The van der Waals surface area contributed by atoms with Gasteiger partial charge in [-0.2, -0.15) is 5.10 Å². The lowest BCUT2D eigenvalue weighted by Crippen LogP contribution is -1.78. The Kier molecular flexibility index (Phi) is 3.93. The molecule has 2 nitrogen and oxygen atoms in total. The summed E-state index contributed by atoms with van der Waals surface area (Å²) in [5, 5.41) is 7.23. The zero-order valence-electron chi connectivity index (χ0n) is 6.14. The van der Waals surface area contributed by atoms with E-state index in [4.69, 9.17) is 0 Å². The van der Waals surface area contributed by atoms with E-state index >= 15 is 0 Å². The van der Waals surface area contributed by atoms with Crippen LogP contribution in [-0.4, -0.2) is 10.2 Å². The van der Waals surface area contributed by atoms with Crippen molar-refractivity contribution in [3.05, 3.63) is 26.1 Å². The van der Waals surface area contributed by atoms with Crippen molar-refractivity contribution in [2.24, 2.45) is 0 Å². The number of nitrogens with zero attached hydrogens (tertiary/aromatic N) is 1. The lowest BCUT2D eigenvalue weighted by Gasteiger charge is -1.93. The Morgan fingerprint density at radius 1 is 1.46 bits per heavy atom. The van der Waals surface area contributed by atoms with Gasteiger partial charge in [0, 0.05) is 4.47 Å². The van der Waals surface area contributed by atoms with E-state index in [9.17, 15) is 4.39 Å². The lowest BCUT2D eigenvalue weighted by molar-refractivity contribution is 0.639. The zero-order chi connectivity index (χ0) is 8.72. The van der Waals surface area contributed by atoms with Crippen molar-refractivity contribution >= 4 is 73.4 Å². The highest BCUT2D eigenvalue weighted by molar-refractivity contribution is 14.1. The van der Waals surface area contributed by atoms with Crippen LogP contribution in [-0.2, 0) is 0 Å². The van der Waals surface area contributed by atoms with Crippen molar-refractivity contribution < 1.29 is 4.39 Å².